The molecule has 0 spiro atoms. The maximum absolute atomic E-state index is 12.5. The summed E-state index contributed by atoms with van der Waals surface area (Å²) in [5.41, 5.74) is 0. The van der Waals surface area contributed by atoms with Crippen LogP contribution in [-0.2, 0) is 4.79 Å². The van der Waals surface area contributed by atoms with E-state index in [-0.39, 0.29) is 0 Å². The van der Waals surface area contributed by atoms with Gasteiger partial charge in [-0.3, -0.25) is 4.79 Å². The summed E-state index contributed by atoms with van der Waals surface area (Å²) in [6.07, 6.45) is 49.6. The van der Waals surface area contributed by atoms with Crippen LogP contribution in [0.5, 0.6) is 0 Å². The normalized spacial score (nSPS) is 14.1. The minimum Gasteiger partial charge on any atom is -0.394 e. The van der Waals surface area contributed by atoms with Gasteiger partial charge in [0.2, 0.25) is 5.91 Å². The summed E-state index contributed by atoms with van der Waals surface area (Å²) < 4.78 is 0. The second kappa shape index (κ2) is 44.2. The summed E-state index contributed by atoms with van der Waals surface area (Å²) in [6.45, 7) is 4.07. The summed E-state index contributed by atoms with van der Waals surface area (Å²) >= 11 is 0. The predicted octanol–water partition coefficient (Wildman–Crippen LogP) is 13.4. The van der Waals surface area contributed by atoms with E-state index in [1.165, 1.54) is 193 Å². The van der Waals surface area contributed by atoms with Crippen LogP contribution in [0.4, 0.5) is 0 Å². The Kier molecular flexibility index (Phi) is 43.4. The number of nitrogens with one attached hydrogen (secondary N) is 1. The minimum absolute atomic E-state index is 0.365. The Balaban J connectivity index is 3.68. The predicted molar refractivity (Wildman–Crippen MR) is 238 cm³/mol. The minimum atomic E-state index is -1.26. The lowest BCUT2D eigenvalue weighted by molar-refractivity contribution is -0.132. The topological polar surface area (TPSA) is 110 Å². The van der Waals surface area contributed by atoms with Gasteiger partial charge >= 0.3 is 0 Å². The van der Waals surface area contributed by atoms with Gasteiger partial charge in [-0.1, -0.05) is 238 Å². The maximum atomic E-state index is 12.5. The number of carbonyl (C=O) groups excluding carboxylic acids is 1. The number of aliphatic hydroxyl groups is 4. The number of allylic oxidation sites excluding steroid dienone is 2. The van der Waals surface area contributed by atoms with Crippen LogP contribution in [0.2, 0.25) is 0 Å². The second-order valence-corrected chi connectivity index (χ2v) is 17.2. The molecule has 6 nitrogen and oxygen atoms in total. The Hall–Kier alpha value is -0.950. The molecule has 5 N–H and O–H groups in total. The van der Waals surface area contributed by atoms with Crippen molar-refractivity contribution < 1.29 is 25.2 Å². The van der Waals surface area contributed by atoms with Crippen LogP contribution in [0.1, 0.15) is 264 Å². The molecule has 0 heterocycles. The largest absolute Gasteiger partial charge is 0.394 e. The van der Waals surface area contributed by atoms with E-state index in [0.717, 1.165) is 44.9 Å². The molecule has 328 valence electrons. The number of hydrogen-bond acceptors (Lipinski definition) is 5. The van der Waals surface area contributed by atoms with Crippen LogP contribution in [0.25, 0.3) is 0 Å². The SMILES string of the molecule is CCCCCCCCCCCC/C=C\CCCCCCCCC(O)C(=O)NC(CO)C(O)C(O)CCCCCCCCCCCCCCCCCCCCC. The van der Waals surface area contributed by atoms with Crippen molar-refractivity contribution >= 4 is 5.91 Å². The molecule has 4 atom stereocenters. The number of rotatable bonds is 45. The molecule has 0 aliphatic heterocycles. The van der Waals surface area contributed by atoms with Gasteiger partial charge in [-0.2, -0.15) is 0 Å². The zero-order valence-corrected chi connectivity index (χ0v) is 36.9. The van der Waals surface area contributed by atoms with Crippen molar-refractivity contribution in [2.75, 3.05) is 6.61 Å². The number of amides is 1. The highest BCUT2D eigenvalue weighted by Gasteiger charge is 2.28. The molecule has 0 bridgehead atoms. The lowest BCUT2D eigenvalue weighted by Crippen LogP contribution is -2.53. The van der Waals surface area contributed by atoms with Gasteiger partial charge in [0.25, 0.3) is 0 Å². The van der Waals surface area contributed by atoms with Crippen LogP contribution >= 0.6 is 0 Å². The van der Waals surface area contributed by atoms with Gasteiger partial charge in [0, 0.05) is 0 Å². The Morgan fingerprint density at radius 2 is 0.727 bits per heavy atom. The number of carbonyl (C=O) groups is 1. The van der Waals surface area contributed by atoms with Gasteiger partial charge in [-0.25, -0.2) is 0 Å². The van der Waals surface area contributed by atoms with E-state index >= 15 is 0 Å². The van der Waals surface area contributed by atoms with E-state index in [1.54, 1.807) is 0 Å². The van der Waals surface area contributed by atoms with Gasteiger partial charge in [-0.05, 0) is 38.5 Å². The van der Waals surface area contributed by atoms with E-state index in [4.69, 9.17) is 0 Å². The van der Waals surface area contributed by atoms with Crippen LogP contribution in [-0.4, -0.2) is 57.3 Å². The van der Waals surface area contributed by atoms with Crippen molar-refractivity contribution in [2.45, 2.75) is 289 Å². The van der Waals surface area contributed by atoms with Gasteiger partial charge < -0.3 is 25.7 Å². The fourth-order valence-electron chi connectivity index (χ4n) is 7.81. The Bertz CT molecular complexity index is 791. The molecule has 0 aliphatic carbocycles. The second-order valence-electron chi connectivity index (χ2n) is 17.2. The molecule has 0 aromatic heterocycles. The third-order valence-corrected chi connectivity index (χ3v) is 11.7. The third kappa shape index (κ3) is 38.3. The summed E-state index contributed by atoms with van der Waals surface area (Å²) in [5.74, 6) is -0.585. The summed E-state index contributed by atoms with van der Waals surface area (Å²) in [7, 11) is 0. The third-order valence-electron chi connectivity index (χ3n) is 11.7. The summed E-state index contributed by atoms with van der Waals surface area (Å²) in [4.78, 5) is 12.5. The smallest absolute Gasteiger partial charge is 0.249 e. The van der Waals surface area contributed by atoms with Gasteiger partial charge in [0.15, 0.2) is 0 Å². The van der Waals surface area contributed by atoms with Crippen LogP contribution in [0, 0.1) is 0 Å². The Labute approximate surface area is 342 Å². The number of hydrogen-bond donors (Lipinski definition) is 5. The van der Waals surface area contributed by atoms with Crippen LogP contribution in [0.15, 0.2) is 12.2 Å². The fourth-order valence-corrected chi connectivity index (χ4v) is 7.81. The molecule has 0 rings (SSSR count). The molecule has 55 heavy (non-hydrogen) atoms. The highest BCUT2D eigenvalue weighted by atomic mass is 16.3. The highest BCUT2D eigenvalue weighted by molar-refractivity contribution is 5.80. The molecule has 0 aliphatic rings. The van der Waals surface area contributed by atoms with Crippen molar-refractivity contribution in [2.24, 2.45) is 0 Å². The first-order valence-electron chi connectivity index (χ1n) is 24.6. The summed E-state index contributed by atoms with van der Waals surface area (Å²) in [6, 6.07) is -0.985. The number of aliphatic hydroxyl groups excluding tert-OH is 4. The molecule has 1 amide bonds. The van der Waals surface area contributed by atoms with Crippen LogP contribution < -0.4 is 5.32 Å². The van der Waals surface area contributed by atoms with E-state index in [1.807, 2.05) is 0 Å². The van der Waals surface area contributed by atoms with Crippen molar-refractivity contribution in [3.63, 3.8) is 0 Å². The van der Waals surface area contributed by atoms with Crippen molar-refractivity contribution in [1.29, 1.82) is 0 Å². The first-order valence-corrected chi connectivity index (χ1v) is 24.6. The average molecular weight is 780 g/mol. The monoisotopic (exact) mass is 780 g/mol. The van der Waals surface area contributed by atoms with Gasteiger partial charge in [0.05, 0.1) is 18.8 Å². The maximum Gasteiger partial charge on any atom is 0.249 e. The first kappa shape index (κ1) is 54.0. The van der Waals surface area contributed by atoms with Crippen molar-refractivity contribution in [1.82, 2.24) is 5.32 Å². The van der Waals surface area contributed by atoms with E-state index in [2.05, 4.69) is 31.3 Å². The zero-order chi connectivity index (χ0) is 40.3. The summed E-state index contributed by atoms with van der Waals surface area (Å²) in [5, 5.41) is 43.8. The van der Waals surface area contributed by atoms with E-state index in [9.17, 15) is 25.2 Å². The Morgan fingerprint density at radius 3 is 1.05 bits per heavy atom. The van der Waals surface area contributed by atoms with Gasteiger partial charge in [0.1, 0.15) is 12.2 Å². The molecule has 4 unspecified atom stereocenters. The quantitative estimate of drug-likeness (QED) is 0.0312. The first-order chi connectivity index (χ1) is 27.0. The fraction of sp³-hybridized carbons (Fsp3) is 0.939. The average Bonchev–Trinajstić information content (AvgIpc) is 3.19. The zero-order valence-electron chi connectivity index (χ0n) is 36.9. The lowest BCUT2D eigenvalue weighted by Gasteiger charge is -2.27. The Morgan fingerprint density at radius 1 is 0.436 bits per heavy atom. The molecule has 6 heteroatoms. The number of unbranched alkanes of at least 4 members (excludes halogenated alkanes) is 34. The molecule has 0 fully saturated rings. The van der Waals surface area contributed by atoms with Crippen molar-refractivity contribution in [3.05, 3.63) is 12.2 Å². The lowest BCUT2D eigenvalue weighted by atomic mass is 9.99. The van der Waals surface area contributed by atoms with Crippen molar-refractivity contribution in [3.8, 4) is 0 Å². The van der Waals surface area contributed by atoms with Crippen LogP contribution in [0.3, 0.4) is 0 Å². The molecule has 0 saturated heterocycles. The highest BCUT2D eigenvalue weighted by Crippen LogP contribution is 2.17. The molecule has 0 aromatic carbocycles. The standard InChI is InChI=1S/C49H97NO5/c1-3-5-7-9-11-13-15-17-19-21-23-25-27-29-31-33-35-37-39-41-43-47(53)49(55)50-45(44-51)48(54)46(52)42-40-38-36-34-32-30-28-26-24-22-20-18-16-14-12-10-8-6-4-2/h25,27,45-48,51-54H,3-24,26,28-44H2,1-2H3,(H,50,55)/b27-25-. The van der Waals surface area contributed by atoms with E-state index in [0.29, 0.717) is 12.8 Å². The molecular formula is C49H97NO5. The van der Waals surface area contributed by atoms with E-state index < -0.39 is 36.9 Å². The molecule has 0 aromatic rings. The molecular weight excluding hydrogens is 683 g/mol. The molecule has 0 saturated carbocycles. The van der Waals surface area contributed by atoms with Gasteiger partial charge in [-0.15, -0.1) is 0 Å². The molecule has 0 radical (unpaired) electrons.